The van der Waals surface area contributed by atoms with Crippen molar-refractivity contribution in [1.82, 2.24) is 10.2 Å². The molecule has 1 aromatic carbocycles. The molecule has 4 heteroatoms. The third kappa shape index (κ3) is 2.87. The van der Waals surface area contributed by atoms with Gasteiger partial charge >= 0.3 is 0 Å². The van der Waals surface area contributed by atoms with Crippen LogP contribution in [0.3, 0.4) is 0 Å². The summed E-state index contributed by atoms with van der Waals surface area (Å²) >= 11 is 0. The molecular formula is C14H20F2N2. The van der Waals surface area contributed by atoms with Crippen LogP contribution in [0.5, 0.6) is 0 Å². The first-order valence-corrected chi connectivity index (χ1v) is 6.62. The van der Waals surface area contributed by atoms with Gasteiger partial charge in [0.25, 0.3) is 0 Å². The van der Waals surface area contributed by atoms with Crippen LogP contribution in [-0.4, -0.2) is 31.1 Å². The van der Waals surface area contributed by atoms with Crippen molar-refractivity contribution in [3.8, 4) is 0 Å². The summed E-state index contributed by atoms with van der Waals surface area (Å²) in [6.07, 6.45) is 1.82. The van der Waals surface area contributed by atoms with Crippen molar-refractivity contribution in [3.63, 3.8) is 0 Å². The Morgan fingerprint density at radius 3 is 2.67 bits per heavy atom. The summed E-state index contributed by atoms with van der Waals surface area (Å²) in [4.78, 5) is 2.25. The van der Waals surface area contributed by atoms with Crippen molar-refractivity contribution in [2.45, 2.75) is 25.8 Å². The average molecular weight is 254 g/mol. The SMILES string of the molecule is CCC[C@@H](c1cccc(F)c1F)N1CCNCC1. The van der Waals surface area contributed by atoms with E-state index in [-0.39, 0.29) is 6.04 Å². The molecule has 1 aromatic rings. The van der Waals surface area contributed by atoms with E-state index in [9.17, 15) is 8.78 Å². The molecule has 0 amide bonds. The molecule has 0 bridgehead atoms. The van der Waals surface area contributed by atoms with Gasteiger partial charge in [0.15, 0.2) is 11.6 Å². The molecule has 1 aliphatic rings. The van der Waals surface area contributed by atoms with Crippen LogP contribution >= 0.6 is 0 Å². The number of hydrogen-bond donors (Lipinski definition) is 1. The summed E-state index contributed by atoms with van der Waals surface area (Å²) in [5.41, 5.74) is 0.499. The first kappa shape index (κ1) is 13.4. The molecule has 2 rings (SSSR count). The second-order valence-electron chi connectivity index (χ2n) is 4.73. The molecule has 1 heterocycles. The lowest BCUT2D eigenvalue weighted by molar-refractivity contribution is 0.160. The van der Waals surface area contributed by atoms with Crippen molar-refractivity contribution in [2.75, 3.05) is 26.2 Å². The average Bonchev–Trinajstić information content (AvgIpc) is 2.41. The normalized spacial score (nSPS) is 18.8. The Hall–Kier alpha value is -1.00. The summed E-state index contributed by atoms with van der Waals surface area (Å²) in [5.74, 6) is -1.43. The van der Waals surface area contributed by atoms with E-state index in [0.29, 0.717) is 5.56 Å². The Morgan fingerprint density at radius 2 is 2.00 bits per heavy atom. The third-order valence-corrected chi connectivity index (χ3v) is 3.49. The molecule has 1 fully saturated rings. The Labute approximate surface area is 107 Å². The van der Waals surface area contributed by atoms with Crippen LogP contribution in [0.25, 0.3) is 0 Å². The fourth-order valence-corrected chi connectivity index (χ4v) is 2.58. The maximum Gasteiger partial charge on any atom is 0.163 e. The van der Waals surface area contributed by atoms with E-state index in [1.165, 1.54) is 6.07 Å². The van der Waals surface area contributed by atoms with Crippen LogP contribution in [-0.2, 0) is 0 Å². The van der Waals surface area contributed by atoms with Crippen LogP contribution in [0.15, 0.2) is 18.2 Å². The first-order valence-electron chi connectivity index (χ1n) is 6.62. The highest BCUT2D eigenvalue weighted by Gasteiger charge is 2.24. The zero-order valence-electron chi connectivity index (χ0n) is 10.8. The van der Waals surface area contributed by atoms with Gasteiger partial charge in [0.05, 0.1) is 0 Å². The zero-order chi connectivity index (χ0) is 13.0. The third-order valence-electron chi connectivity index (χ3n) is 3.49. The standard InChI is InChI=1S/C14H20F2N2/c1-2-4-13(18-9-7-17-8-10-18)11-5-3-6-12(15)14(11)16/h3,5-6,13,17H,2,4,7-10H2,1H3/t13-/m0/s1. The molecule has 2 nitrogen and oxygen atoms in total. The minimum atomic E-state index is -0.747. The van der Waals surface area contributed by atoms with E-state index >= 15 is 0 Å². The predicted molar refractivity (Wildman–Crippen MR) is 68.4 cm³/mol. The molecule has 0 radical (unpaired) electrons. The maximum atomic E-state index is 13.9. The van der Waals surface area contributed by atoms with Gasteiger partial charge in [-0.2, -0.15) is 0 Å². The van der Waals surface area contributed by atoms with E-state index in [4.69, 9.17) is 0 Å². The molecule has 0 aromatic heterocycles. The van der Waals surface area contributed by atoms with Gasteiger partial charge in [0.2, 0.25) is 0 Å². The van der Waals surface area contributed by atoms with Gasteiger partial charge in [-0.15, -0.1) is 0 Å². The number of nitrogens with zero attached hydrogens (tertiary/aromatic N) is 1. The Kier molecular flexibility index (Phi) is 4.66. The van der Waals surface area contributed by atoms with E-state index in [2.05, 4.69) is 17.1 Å². The van der Waals surface area contributed by atoms with Crippen LogP contribution in [0.2, 0.25) is 0 Å². The van der Waals surface area contributed by atoms with Gasteiger partial charge < -0.3 is 5.32 Å². The van der Waals surface area contributed by atoms with Gasteiger partial charge in [0, 0.05) is 37.8 Å². The van der Waals surface area contributed by atoms with Crippen molar-refractivity contribution >= 4 is 0 Å². The van der Waals surface area contributed by atoms with E-state index in [1.807, 2.05) is 0 Å². The second-order valence-corrected chi connectivity index (χ2v) is 4.73. The van der Waals surface area contributed by atoms with Crippen LogP contribution < -0.4 is 5.32 Å². The molecule has 1 aliphatic heterocycles. The topological polar surface area (TPSA) is 15.3 Å². The molecule has 1 N–H and O–H groups in total. The highest BCUT2D eigenvalue weighted by atomic mass is 19.2. The highest BCUT2D eigenvalue weighted by molar-refractivity contribution is 5.23. The smallest absolute Gasteiger partial charge is 0.163 e. The quantitative estimate of drug-likeness (QED) is 0.888. The van der Waals surface area contributed by atoms with Crippen LogP contribution in [0, 0.1) is 11.6 Å². The highest BCUT2D eigenvalue weighted by Crippen LogP contribution is 2.29. The molecule has 1 atom stereocenters. The Balaban J connectivity index is 2.25. The van der Waals surface area contributed by atoms with Gasteiger partial charge in [-0.1, -0.05) is 25.5 Å². The van der Waals surface area contributed by atoms with E-state index in [0.717, 1.165) is 39.0 Å². The second kappa shape index (κ2) is 6.25. The number of benzene rings is 1. The molecule has 0 spiro atoms. The minimum absolute atomic E-state index is 0.00667. The molecule has 0 saturated carbocycles. The van der Waals surface area contributed by atoms with Crippen molar-refractivity contribution < 1.29 is 8.78 Å². The molecular weight excluding hydrogens is 234 g/mol. The van der Waals surface area contributed by atoms with Gasteiger partial charge in [-0.05, 0) is 12.5 Å². The number of rotatable bonds is 4. The number of piperazine rings is 1. The molecule has 0 aliphatic carbocycles. The minimum Gasteiger partial charge on any atom is -0.314 e. The lowest BCUT2D eigenvalue weighted by Crippen LogP contribution is -2.45. The largest absolute Gasteiger partial charge is 0.314 e. The number of nitrogens with one attached hydrogen (secondary N) is 1. The summed E-state index contributed by atoms with van der Waals surface area (Å²) < 4.78 is 27.3. The van der Waals surface area contributed by atoms with Crippen LogP contribution in [0.4, 0.5) is 8.78 Å². The molecule has 0 unspecified atom stereocenters. The zero-order valence-corrected chi connectivity index (χ0v) is 10.8. The summed E-state index contributed by atoms with van der Waals surface area (Å²) in [7, 11) is 0. The summed E-state index contributed by atoms with van der Waals surface area (Å²) in [6.45, 7) is 5.68. The van der Waals surface area contributed by atoms with E-state index < -0.39 is 11.6 Å². The monoisotopic (exact) mass is 254 g/mol. The predicted octanol–water partition coefficient (Wildman–Crippen LogP) is 2.71. The lowest BCUT2D eigenvalue weighted by Gasteiger charge is -2.35. The lowest BCUT2D eigenvalue weighted by atomic mass is 9.99. The first-order chi connectivity index (χ1) is 8.74. The Bertz CT molecular complexity index is 389. The fraction of sp³-hybridized carbons (Fsp3) is 0.571. The van der Waals surface area contributed by atoms with E-state index in [1.54, 1.807) is 12.1 Å². The van der Waals surface area contributed by atoms with Crippen molar-refractivity contribution in [2.24, 2.45) is 0 Å². The summed E-state index contributed by atoms with van der Waals surface area (Å²) in [6, 6.07) is 4.48. The summed E-state index contributed by atoms with van der Waals surface area (Å²) in [5, 5.41) is 3.28. The van der Waals surface area contributed by atoms with Crippen molar-refractivity contribution in [1.29, 1.82) is 0 Å². The Morgan fingerprint density at radius 1 is 1.28 bits per heavy atom. The number of hydrogen-bond acceptors (Lipinski definition) is 2. The van der Waals surface area contributed by atoms with Gasteiger partial charge in [-0.3, -0.25) is 4.90 Å². The maximum absolute atomic E-state index is 13.9. The van der Waals surface area contributed by atoms with Crippen LogP contribution in [0.1, 0.15) is 31.4 Å². The molecule has 1 saturated heterocycles. The van der Waals surface area contributed by atoms with Gasteiger partial charge in [0.1, 0.15) is 0 Å². The van der Waals surface area contributed by atoms with Crippen molar-refractivity contribution in [3.05, 3.63) is 35.4 Å². The number of halogens is 2. The molecule has 18 heavy (non-hydrogen) atoms. The van der Waals surface area contributed by atoms with Gasteiger partial charge in [-0.25, -0.2) is 8.78 Å². The molecule has 100 valence electrons. The fourth-order valence-electron chi connectivity index (χ4n) is 2.58.